The van der Waals surface area contributed by atoms with Crippen molar-refractivity contribution in [2.75, 3.05) is 5.73 Å². The monoisotopic (exact) mass is 345 g/mol. The number of pyridine rings is 1. The molecule has 0 amide bonds. The van der Waals surface area contributed by atoms with Gasteiger partial charge in [-0.05, 0) is 30.3 Å². The summed E-state index contributed by atoms with van der Waals surface area (Å²) in [6, 6.07) is 16.7. The molecule has 120 valence electrons. The van der Waals surface area contributed by atoms with Crippen LogP contribution in [0.5, 0.6) is 0 Å². The first kappa shape index (κ1) is 14.1. The summed E-state index contributed by atoms with van der Waals surface area (Å²) in [7, 11) is 0. The smallest absolute Gasteiger partial charge is 0.232 e. The van der Waals surface area contributed by atoms with Crippen molar-refractivity contribution in [3.05, 3.63) is 64.8 Å². The number of benzene rings is 2. The molecule has 0 unspecified atom stereocenters. The first-order chi connectivity index (χ1) is 12.2. The maximum absolute atomic E-state index is 12.8. The van der Waals surface area contributed by atoms with Gasteiger partial charge in [0.15, 0.2) is 0 Å². The summed E-state index contributed by atoms with van der Waals surface area (Å²) in [5, 5.41) is 1.67. The minimum Gasteiger partial charge on any atom is -0.437 e. The molecule has 25 heavy (non-hydrogen) atoms. The van der Waals surface area contributed by atoms with Crippen LogP contribution < -0.4 is 11.2 Å². The molecule has 5 nitrogen and oxygen atoms in total. The van der Waals surface area contributed by atoms with Crippen LogP contribution in [0.25, 0.3) is 42.9 Å². The lowest BCUT2D eigenvalue weighted by atomic mass is 10.1. The molecule has 0 fully saturated rings. The topological polar surface area (TPSA) is 82.0 Å². The number of hydrogen-bond donors (Lipinski definition) is 1. The molecular weight excluding hydrogens is 334 g/mol. The lowest BCUT2D eigenvalue weighted by Gasteiger charge is -2.05. The van der Waals surface area contributed by atoms with Crippen molar-refractivity contribution >= 4 is 49.4 Å². The van der Waals surface area contributed by atoms with E-state index in [-0.39, 0.29) is 11.1 Å². The highest BCUT2D eigenvalue weighted by molar-refractivity contribution is 7.21. The molecule has 0 saturated carbocycles. The number of nitrogens with two attached hydrogens (primary N) is 1. The Morgan fingerprint density at radius 2 is 1.76 bits per heavy atom. The van der Waals surface area contributed by atoms with E-state index in [4.69, 9.17) is 10.2 Å². The van der Waals surface area contributed by atoms with E-state index in [1.807, 2.05) is 36.4 Å². The van der Waals surface area contributed by atoms with Crippen molar-refractivity contribution < 1.29 is 4.42 Å². The van der Waals surface area contributed by atoms with Crippen LogP contribution in [0, 0.1) is 0 Å². The van der Waals surface area contributed by atoms with E-state index in [1.54, 1.807) is 18.2 Å². The fourth-order valence-electron chi connectivity index (χ4n) is 2.90. The Hall–Kier alpha value is -3.25. The average molecular weight is 345 g/mol. The highest BCUT2D eigenvalue weighted by atomic mass is 32.1. The lowest BCUT2D eigenvalue weighted by Crippen LogP contribution is -2.05. The van der Waals surface area contributed by atoms with Gasteiger partial charge in [-0.3, -0.25) is 4.79 Å². The number of rotatable bonds is 1. The Morgan fingerprint density at radius 3 is 2.64 bits per heavy atom. The van der Waals surface area contributed by atoms with Gasteiger partial charge < -0.3 is 10.2 Å². The largest absolute Gasteiger partial charge is 0.437 e. The van der Waals surface area contributed by atoms with Crippen molar-refractivity contribution in [2.24, 2.45) is 0 Å². The second-order valence-electron chi connectivity index (χ2n) is 5.69. The van der Waals surface area contributed by atoms with E-state index >= 15 is 0 Å². The molecule has 0 radical (unpaired) electrons. The highest BCUT2D eigenvalue weighted by Crippen LogP contribution is 2.34. The van der Waals surface area contributed by atoms with Gasteiger partial charge in [-0.1, -0.05) is 24.3 Å². The Labute approximate surface area is 145 Å². The number of nitrogens with zero attached hydrogens (tertiary/aromatic N) is 2. The Kier molecular flexibility index (Phi) is 2.89. The van der Waals surface area contributed by atoms with E-state index in [0.717, 1.165) is 15.2 Å². The van der Waals surface area contributed by atoms with Crippen LogP contribution in [0.2, 0.25) is 0 Å². The molecule has 0 aliphatic heterocycles. The van der Waals surface area contributed by atoms with Crippen LogP contribution in [0.4, 0.5) is 5.82 Å². The fraction of sp³-hybridized carbons (Fsp3) is 0. The zero-order chi connectivity index (χ0) is 17.0. The predicted octanol–water partition coefficient (Wildman–Crippen LogP) is 4.20. The van der Waals surface area contributed by atoms with Crippen LogP contribution >= 0.6 is 11.3 Å². The van der Waals surface area contributed by atoms with Crippen molar-refractivity contribution in [3.8, 4) is 10.6 Å². The van der Waals surface area contributed by atoms with E-state index in [2.05, 4.69) is 9.97 Å². The Morgan fingerprint density at radius 1 is 0.960 bits per heavy atom. The summed E-state index contributed by atoms with van der Waals surface area (Å²) >= 11 is 1.52. The molecule has 2 N–H and O–H groups in total. The standard InChI is InChI=1S/C19H11N3O2S/c20-17-12(19-21-13-6-2-4-8-15(13)25-19)9-11-16(23)10-5-1-3-7-14(10)24-18(11)22-17/h1-9H,(H2,20,22). The molecular formula is C19H11N3O2S. The van der Waals surface area contributed by atoms with Crippen molar-refractivity contribution in [2.45, 2.75) is 0 Å². The van der Waals surface area contributed by atoms with E-state index in [9.17, 15) is 4.79 Å². The van der Waals surface area contributed by atoms with Gasteiger partial charge in [-0.25, -0.2) is 4.98 Å². The molecule has 6 heteroatoms. The molecule has 2 aromatic carbocycles. The maximum Gasteiger partial charge on any atom is 0.232 e. The summed E-state index contributed by atoms with van der Waals surface area (Å²) in [5.41, 5.74) is 8.30. The second-order valence-corrected chi connectivity index (χ2v) is 6.72. The van der Waals surface area contributed by atoms with Gasteiger partial charge in [0.1, 0.15) is 16.4 Å². The minimum absolute atomic E-state index is 0.119. The van der Waals surface area contributed by atoms with Gasteiger partial charge in [0.05, 0.1) is 26.6 Å². The van der Waals surface area contributed by atoms with Crippen LogP contribution in [0.1, 0.15) is 0 Å². The van der Waals surface area contributed by atoms with Crippen LogP contribution in [-0.2, 0) is 0 Å². The van der Waals surface area contributed by atoms with Gasteiger partial charge in [0, 0.05) is 0 Å². The van der Waals surface area contributed by atoms with E-state index < -0.39 is 0 Å². The molecule has 0 bridgehead atoms. The lowest BCUT2D eigenvalue weighted by molar-refractivity contribution is 0.645. The number of aromatic nitrogens is 2. The third-order valence-electron chi connectivity index (χ3n) is 4.12. The normalized spacial score (nSPS) is 11.5. The summed E-state index contributed by atoms with van der Waals surface area (Å²) < 4.78 is 6.81. The van der Waals surface area contributed by atoms with Crippen LogP contribution in [-0.4, -0.2) is 9.97 Å². The molecule has 0 atom stereocenters. The predicted molar refractivity (Wildman–Crippen MR) is 101 cm³/mol. The maximum atomic E-state index is 12.8. The van der Waals surface area contributed by atoms with Crippen LogP contribution in [0.3, 0.4) is 0 Å². The summed E-state index contributed by atoms with van der Waals surface area (Å²) in [4.78, 5) is 21.7. The summed E-state index contributed by atoms with van der Waals surface area (Å²) in [6.07, 6.45) is 0. The van der Waals surface area contributed by atoms with Gasteiger partial charge in [0.2, 0.25) is 11.1 Å². The molecule has 0 saturated heterocycles. The van der Waals surface area contributed by atoms with Gasteiger partial charge in [-0.2, -0.15) is 4.98 Å². The first-order valence-electron chi connectivity index (χ1n) is 7.69. The SMILES string of the molecule is Nc1nc2oc3ccccc3c(=O)c2cc1-c1nc2ccccc2s1. The van der Waals surface area contributed by atoms with E-state index in [0.29, 0.717) is 27.7 Å². The zero-order valence-electron chi connectivity index (χ0n) is 12.9. The van der Waals surface area contributed by atoms with Crippen molar-refractivity contribution in [3.63, 3.8) is 0 Å². The molecule has 5 rings (SSSR count). The summed E-state index contributed by atoms with van der Waals surface area (Å²) in [6.45, 7) is 0. The quantitative estimate of drug-likeness (QED) is 0.460. The Balaban J connectivity index is 1.84. The number of para-hydroxylation sites is 2. The molecule has 0 aliphatic carbocycles. The molecule has 0 spiro atoms. The number of hydrogen-bond acceptors (Lipinski definition) is 6. The number of thiazole rings is 1. The fourth-order valence-corrected chi connectivity index (χ4v) is 3.89. The van der Waals surface area contributed by atoms with Crippen molar-refractivity contribution in [1.29, 1.82) is 0 Å². The number of nitrogen functional groups attached to an aromatic ring is 1. The Bertz CT molecular complexity index is 1300. The van der Waals surface area contributed by atoms with Gasteiger partial charge in [0.25, 0.3) is 0 Å². The molecule has 3 heterocycles. The number of anilines is 1. The second kappa shape index (κ2) is 5.12. The third-order valence-corrected chi connectivity index (χ3v) is 5.19. The summed E-state index contributed by atoms with van der Waals surface area (Å²) in [5.74, 6) is 0.296. The molecule has 3 aromatic heterocycles. The zero-order valence-corrected chi connectivity index (χ0v) is 13.7. The van der Waals surface area contributed by atoms with E-state index in [1.165, 1.54) is 11.3 Å². The average Bonchev–Trinajstić information content (AvgIpc) is 3.05. The van der Waals surface area contributed by atoms with Crippen molar-refractivity contribution in [1.82, 2.24) is 9.97 Å². The van der Waals surface area contributed by atoms with Crippen LogP contribution in [0.15, 0.2) is 63.8 Å². The minimum atomic E-state index is -0.119. The van der Waals surface area contributed by atoms with Gasteiger partial charge in [-0.15, -0.1) is 11.3 Å². The number of fused-ring (bicyclic) bond motifs is 3. The third kappa shape index (κ3) is 2.11. The highest BCUT2D eigenvalue weighted by Gasteiger charge is 2.15. The first-order valence-corrected chi connectivity index (χ1v) is 8.50. The molecule has 5 aromatic rings. The molecule has 0 aliphatic rings. The van der Waals surface area contributed by atoms with Gasteiger partial charge >= 0.3 is 0 Å².